The lowest BCUT2D eigenvalue weighted by molar-refractivity contribution is -0.143. The fourth-order valence-corrected chi connectivity index (χ4v) is 6.69. The largest absolute Gasteiger partial charge is 0.453 e. The van der Waals surface area contributed by atoms with Crippen LogP contribution in [0.2, 0.25) is 0 Å². The first-order valence-electron chi connectivity index (χ1n) is 19.5. The third-order valence-electron chi connectivity index (χ3n) is 10.1. The molecule has 0 spiro atoms. The number of imidazole rings is 2. The van der Waals surface area contributed by atoms with Gasteiger partial charge in [-0.05, 0) is 60.6 Å². The van der Waals surface area contributed by atoms with Crippen molar-refractivity contribution in [2.45, 2.75) is 72.1 Å². The molecule has 1 aliphatic heterocycles. The molecular formula is C43H54N8O7. The zero-order valence-corrected chi connectivity index (χ0v) is 34.4. The lowest BCUT2D eigenvalue weighted by Crippen LogP contribution is -2.54. The fraction of sp³-hybridized carbons (Fsp3) is 0.442. The molecule has 58 heavy (non-hydrogen) atoms. The first-order valence-corrected chi connectivity index (χ1v) is 19.5. The van der Waals surface area contributed by atoms with Gasteiger partial charge in [0.1, 0.15) is 29.8 Å². The van der Waals surface area contributed by atoms with Crippen LogP contribution in [0.15, 0.2) is 60.9 Å². The van der Waals surface area contributed by atoms with Crippen LogP contribution >= 0.6 is 0 Å². The van der Waals surface area contributed by atoms with E-state index in [9.17, 15) is 19.2 Å². The zero-order valence-electron chi connectivity index (χ0n) is 34.4. The van der Waals surface area contributed by atoms with Crippen molar-refractivity contribution in [2.75, 3.05) is 40.5 Å². The van der Waals surface area contributed by atoms with Crippen LogP contribution in [0.5, 0.6) is 0 Å². The Balaban J connectivity index is 1.23. The van der Waals surface area contributed by atoms with Gasteiger partial charge in [0.2, 0.25) is 11.8 Å². The molecule has 4 N–H and O–H groups in total. The molecule has 0 bridgehead atoms. The Labute approximate surface area is 339 Å². The van der Waals surface area contributed by atoms with Crippen LogP contribution in [-0.4, -0.2) is 106 Å². The second-order valence-corrected chi connectivity index (χ2v) is 14.8. The van der Waals surface area contributed by atoms with E-state index in [4.69, 9.17) is 14.2 Å². The van der Waals surface area contributed by atoms with Crippen molar-refractivity contribution in [3.63, 3.8) is 0 Å². The summed E-state index contributed by atoms with van der Waals surface area (Å²) in [4.78, 5) is 70.6. The topological polar surface area (TPSA) is 184 Å². The first kappa shape index (κ1) is 43.0. The van der Waals surface area contributed by atoms with E-state index in [1.165, 1.54) is 14.2 Å². The smallest absolute Gasteiger partial charge is 0.407 e. The van der Waals surface area contributed by atoms with Crippen molar-refractivity contribution < 1.29 is 33.4 Å². The van der Waals surface area contributed by atoms with Gasteiger partial charge >= 0.3 is 12.2 Å². The SMILES string of the molecule is CCCN(C(=O)[C@@H](NC(=O)OC)C(C)C)[C@@H](C)c1ncc(-c2ccc(C#Cc3ccc(-c4cnc([C@@H]5COCCN5C(=O)[C@@H](NC(=O)OC)C(C)C)[nH]4)cc3)cc2)[nH]1. The van der Waals surface area contributed by atoms with E-state index in [-0.39, 0.29) is 36.3 Å². The van der Waals surface area contributed by atoms with Gasteiger partial charge in [0.15, 0.2) is 0 Å². The summed E-state index contributed by atoms with van der Waals surface area (Å²) in [6.45, 7) is 13.0. The number of nitrogens with one attached hydrogen (secondary N) is 4. The van der Waals surface area contributed by atoms with E-state index in [0.717, 1.165) is 40.1 Å². The maximum atomic E-state index is 13.6. The Morgan fingerprint density at radius 1 is 0.828 bits per heavy atom. The van der Waals surface area contributed by atoms with Gasteiger partial charge in [-0.15, -0.1) is 0 Å². The second-order valence-electron chi connectivity index (χ2n) is 14.8. The van der Waals surface area contributed by atoms with Crippen molar-refractivity contribution >= 4 is 24.0 Å². The normalized spacial score (nSPS) is 15.5. The number of morpholine rings is 1. The Morgan fingerprint density at radius 2 is 1.36 bits per heavy atom. The molecule has 2 aromatic carbocycles. The summed E-state index contributed by atoms with van der Waals surface area (Å²) in [6.07, 6.45) is 2.92. The molecule has 4 atom stereocenters. The number of ether oxygens (including phenoxy) is 3. The minimum Gasteiger partial charge on any atom is -0.453 e. The molecule has 4 aromatic rings. The average Bonchev–Trinajstić information content (AvgIpc) is 3.94. The van der Waals surface area contributed by atoms with Crippen molar-refractivity contribution in [1.82, 2.24) is 40.4 Å². The Bertz CT molecular complexity index is 2080. The van der Waals surface area contributed by atoms with Gasteiger partial charge < -0.3 is 44.6 Å². The van der Waals surface area contributed by atoms with Gasteiger partial charge in [-0.3, -0.25) is 9.59 Å². The number of rotatable bonds is 13. The number of hydrogen-bond donors (Lipinski definition) is 4. The maximum Gasteiger partial charge on any atom is 0.407 e. The predicted molar refractivity (Wildman–Crippen MR) is 218 cm³/mol. The number of aromatic amines is 2. The Kier molecular flexibility index (Phi) is 14.7. The number of carbonyl (C=O) groups excluding carboxylic acids is 4. The first-order chi connectivity index (χ1) is 27.8. The molecule has 0 unspecified atom stereocenters. The third-order valence-corrected chi connectivity index (χ3v) is 10.1. The number of amides is 4. The predicted octanol–water partition coefficient (Wildman–Crippen LogP) is 5.83. The van der Waals surface area contributed by atoms with Gasteiger partial charge in [-0.1, -0.05) is 70.7 Å². The van der Waals surface area contributed by atoms with Crippen LogP contribution in [0.3, 0.4) is 0 Å². The summed E-state index contributed by atoms with van der Waals surface area (Å²) in [7, 11) is 2.55. The van der Waals surface area contributed by atoms with Crippen LogP contribution < -0.4 is 10.6 Å². The van der Waals surface area contributed by atoms with E-state index in [1.807, 2.05) is 90.1 Å². The van der Waals surface area contributed by atoms with Crippen LogP contribution in [0.1, 0.15) is 82.8 Å². The number of alkyl carbamates (subject to hydrolysis) is 2. The second kappa shape index (κ2) is 19.8. The number of methoxy groups -OCH3 is 2. The number of hydrogen-bond acceptors (Lipinski definition) is 9. The highest BCUT2D eigenvalue weighted by atomic mass is 16.5. The van der Waals surface area contributed by atoms with Crippen molar-refractivity contribution in [2.24, 2.45) is 11.8 Å². The number of nitrogens with zero attached hydrogens (tertiary/aromatic N) is 4. The molecule has 308 valence electrons. The Hall–Kier alpha value is -6.14. The molecule has 1 fully saturated rings. The minimum atomic E-state index is -0.752. The number of H-pyrrole nitrogens is 2. The van der Waals surface area contributed by atoms with Crippen LogP contribution in [0.25, 0.3) is 22.5 Å². The molecule has 0 saturated carbocycles. The van der Waals surface area contributed by atoms with Gasteiger partial charge in [-0.25, -0.2) is 19.6 Å². The Morgan fingerprint density at radius 3 is 1.90 bits per heavy atom. The molecule has 1 aliphatic rings. The lowest BCUT2D eigenvalue weighted by atomic mass is 10.0. The van der Waals surface area contributed by atoms with Crippen molar-refractivity contribution in [3.8, 4) is 34.4 Å². The maximum absolute atomic E-state index is 13.6. The molecular weight excluding hydrogens is 741 g/mol. The highest BCUT2D eigenvalue weighted by molar-refractivity contribution is 5.87. The van der Waals surface area contributed by atoms with Crippen LogP contribution in [-0.2, 0) is 23.8 Å². The molecule has 2 aromatic heterocycles. The number of carbonyl (C=O) groups is 4. The monoisotopic (exact) mass is 794 g/mol. The quantitative estimate of drug-likeness (QED) is 0.121. The number of benzene rings is 2. The summed E-state index contributed by atoms with van der Waals surface area (Å²) in [5.74, 6) is 6.99. The molecule has 15 heteroatoms. The minimum absolute atomic E-state index is 0.138. The lowest BCUT2D eigenvalue weighted by Gasteiger charge is -2.37. The van der Waals surface area contributed by atoms with E-state index >= 15 is 0 Å². The van der Waals surface area contributed by atoms with Crippen LogP contribution in [0.4, 0.5) is 9.59 Å². The summed E-state index contributed by atoms with van der Waals surface area (Å²) in [5, 5.41) is 5.35. The number of aromatic nitrogens is 4. The molecule has 0 aliphatic carbocycles. The third kappa shape index (κ3) is 10.4. The zero-order chi connectivity index (χ0) is 41.9. The average molecular weight is 795 g/mol. The standard InChI is InChI=1S/C43H54N8O7/c1-9-20-50(40(52)36(26(2)3)48-42(54)56-7)28(6)38-44-23-33(46-38)31-16-12-29(13-17-31)10-11-30-14-18-32(19-15-30)34-24-45-39(47-34)35-25-58-22-21-51(35)41(53)37(27(4)5)49-43(55)57-8/h12-19,23-24,26-28,35-37H,9,20-22,25H2,1-8H3,(H,44,46)(H,45,47)(H,48,54)(H,49,55)/t28-,35-,36-,37-/m0/s1. The fourth-order valence-electron chi connectivity index (χ4n) is 6.69. The van der Waals surface area contributed by atoms with Gasteiger partial charge in [0.25, 0.3) is 0 Å². The summed E-state index contributed by atoms with van der Waals surface area (Å²) >= 11 is 0. The van der Waals surface area contributed by atoms with Crippen LogP contribution in [0, 0.1) is 23.7 Å². The molecule has 4 amide bonds. The molecule has 0 radical (unpaired) electrons. The summed E-state index contributed by atoms with van der Waals surface area (Å²) < 4.78 is 15.2. The van der Waals surface area contributed by atoms with E-state index in [1.54, 1.807) is 22.2 Å². The molecule has 3 heterocycles. The molecule has 1 saturated heterocycles. The summed E-state index contributed by atoms with van der Waals surface area (Å²) in [5.41, 5.74) is 5.10. The van der Waals surface area contributed by atoms with Crippen molar-refractivity contribution in [1.29, 1.82) is 0 Å². The summed E-state index contributed by atoms with van der Waals surface area (Å²) in [6, 6.07) is 13.4. The highest BCUT2D eigenvalue weighted by Crippen LogP contribution is 2.28. The molecule has 15 nitrogen and oxygen atoms in total. The van der Waals surface area contributed by atoms with Gasteiger partial charge in [-0.2, -0.15) is 0 Å². The van der Waals surface area contributed by atoms with Gasteiger partial charge in [0, 0.05) is 24.2 Å². The highest BCUT2D eigenvalue weighted by Gasteiger charge is 2.37. The van der Waals surface area contributed by atoms with Gasteiger partial charge in [0.05, 0.1) is 57.3 Å². The van der Waals surface area contributed by atoms with E-state index < -0.39 is 30.3 Å². The molecule has 5 rings (SSSR count). The van der Waals surface area contributed by atoms with E-state index in [0.29, 0.717) is 31.3 Å². The van der Waals surface area contributed by atoms with Crippen molar-refractivity contribution in [3.05, 3.63) is 83.7 Å². The van der Waals surface area contributed by atoms with E-state index in [2.05, 4.69) is 42.4 Å².